The third kappa shape index (κ3) is 6.09. The van der Waals surface area contributed by atoms with E-state index in [1.54, 1.807) is 35.8 Å². The van der Waals surface area contributed by atoms with Crippen LogP contribution in [-0.4, -0.2) is 17.6 Å². The number of hydrogen-bond acceptors (Lipinski definition) is 7. The first-order chi connectivity index (χ1) is 21.7. The van der Waals surface area contributed by atoms with Gasteiger partial charge in [-0.3, -0.25) is 14.2 Å². The molecule has 45 heavy (non-hydrogen) atoms. The number of nitrogens with zero attached hydrogens (tertiary/aromatic N) is 2. The van der Waals surface area contributed by atoms with Crippen molar-refractivity contribution in [3.63, 3.8) is 0 Å². The van der Waals surface area contributed by atoms with E-state index >= 15 is 0 Å². The van der Waals surface area contributed by atoms with Gasteiger partial charge in [0.1, 0.15) is 24.2 Å². The highest BCUT2D eigenvalue weighted by molar-refractivity contribution is 7.10. The van der Waals surface area contributed by atoms with Gasteiger partial charge in [0.2, 0.25) is 0 Å². The van der Waals surface area contributed by atoms with Gasteiger partial charge < -0.3 is 14.8 Å². The highest BCUT2D eigenvalue weighted by atomic mass is 32.1. The molecule has 1 atom stereocenters. The molecule has 7 nitrogen and oxygen atoms in total. The number of methoxy groups -OCH3 is 1. The SMILES string of the molecule is COc1ccc(/C=c2\sc3n(c2=O)C(c2cccs2)C(C(=O)Nc2ccccc2C)=C(C)N=3)cc1COc1ccc(F)cc1F. The molecule has 228 valence electrons. The number of aromatic nitrogens is 1. The molecule has 3 aromatic carbocycles. The second-order valence-corrected chi connectivity index (χ2v) is 12.3. The minimum Gasteiger partial charge on any atom is -0.496 e. The van der Waals surface area contributed by atoms with Crippen LogP contribution in [0, 0.1) is 18.6 Å². The number of fused-ring (bicyclic) bond motifs is 1. The first kappa shape index (κ1) is 30.2. The van der Waals surface area contributed by atoms with E-state index in [1.807, 2.05) is 48.7 Å². The molecule has 5 aromatic rings. The molecule has 0 aliphatic carbocycles. The third-order valence-corrected chi connectivity index (χ3v) is 9.26. The largest absolute Gasteiger partial charge is 0.496 e. The zero-order valence-corrected chi connectivity index (χ0v) is 26.1. The Kier molecular flexibility index (Phi) is 8.46. The van der Waals surface area contributed by atoms with Gasteiger partial charge in [0.25, 0.3) is 11.5 Å². The lowest BCUT2D eigenvalue weighted by Gasteiger charge is -2.24. The molecular formula is C34H27F2N3O4S2. The molecule has 0 fully saturated rings. The van der Waals surface area contributed by atoms with Crippen LogP contribution in [0.4, 0.5) is 14.5 Å². The topological polar surface area (TPSA) is 81.9 Å². The second kappa shape index (κ2) is 12.6. The molecule has 0 saturated heterocycles. The number of halogens is 2. The molecule has 0 saturated carbocycles. The number of benzene rings is 3. The van der Waals surface area contributed by atoms with Crippen molar-refractivity contribution in [2.24, 2.45) is 4.99 Å². The number of aryl methyl sites for hydroxylation is 1. The molecule has 1 amide bonds. The van der Waals surface area contributed by atoms with Crippen LogP contribution < -0.4 is 29.7 Å². The van der Waals surface area contributed by atoms with Crippen molar-refractivity contribution in [1.29, 1.82) is 0 Å². The molecule has 3 heterocycles. The Hall–Kier alpha value is -4.87. The number of para-hydroxylation sites is 1. The number of thiophene rings is 1. The number of carbonyl (C=O) groups is 1. The fourth-order valence-electron chi connectivity index (χ4n) is 5.13. The number of allylic oxidation sites excluding steroid dienone is 1. The number of hydrogen-bond donors (Lipinski definition) is 1. The number of thiazole rings is 1. The predicted molar refractivity (Wildman–Crippen MR) is 172 cm³/mol. The van der Waals surface area contributed by atoms with Crippen LogP contribution in [-0.2, 0) is 11.4 Å². The van der Waals surface area contributed by atoms with Crippen LogP contribution in [0.1, 0.15) is 34.5 Å². The zero-order valence-electron chi connectivity index (χ0n) is 24.5. The molecule has 0 spiro atoms. The quantitative estimate of drug-likeness (QED) is 0.221. The highest BCUT2D eigenvalue weighted by Gasteiger charge is 2.33. The van der Waals surface area contributed by atoms with E-state index in [4.69, 9.17) is 14.5 Å². The minimum atomic E-state index is -0.811. The molecule has 0 radical (unpaired) electrons. The Balaban J connectivity index is 1.38. The fraction of sp³-hybridized carbons (Fsp3) is 0.147. The Morgan fingerprint density at radius 2 is 1.84 bits per heavy atom. The summed E-state index contributed by atoms with van der Waals surface area (Å²) in [7, 11) is 1.51. The number of ether oxygens (including phenoxy) is 2. The molecule has 11 heteroatoms. The first-order valence-corrected chi connectivity index (χ1v) is 15.6. The third-order valence-electron chi connectivity index (χ3n) is 7.35. The molecule has 6 rings (SSSR count). The van der Waals surface area contributed by atoms with E-state index in [-0.39, 0.29) is 23.8 Å². The standard InChI is InChI=1S/C34H27F2N3O4S2/c1-19-7-4-5-8-25(19)38-32(40)30-20(2)37-34-39(31(30)28-9-6-14-44-28)33(41)29(45-34)16-21-10-12-26(42-3)22(15-21)18-43-27-13-11-23(35)17-24(27)36/h4-17,31H,18H2,1-3H3,(H,38,40)/b29-16-. The van der Waals surface area contributed by atoms with Crippen LogP contribution >= 0.6 is 22.7 Å². The van der Waals surface area contributed by atoms with Crippen LogP contribution in [0.15, 0.2) is 99.2 Å². The van der Waals surface area contributed by atoms with Crippen molar-refractivity contribution in [3.05, 3.63) is 142 Å². The highest BCUT2D eigenvalue weighted by Crippen LogP contribution is 2.33. The van der Waals surface area contributed by atoms with Gasteiger partial charge in [-0.25, -0.2) is 13.8 Å². The number of amides is 1. The van der Waals surface area contributed by atoms with E-state index in [0.717, 1.165) is 22.6 Å². The van der Waals surface area contributed by atoms with Crippen molar-refractivity contribution >= 4 is 40.3 Å². The van der Waals surface area contributed by atoms with Gasteiger partial charge in [0.05, 0.1) is 22.9 Å². The summed E-state index contributed by atoms with van der Waals surface area (Å²) in [5.74, 6) is -1.42. The van der Waals surface area contributed by atoms with E-state index in [0.29, 0.717) is 43.2 Å². The van der Waals surface area contributed by atoms with Crippen molar-refractivity contribution < 1.29 is 23.0 Å². The molecular weight excluding hydrogens is 617 g/mol. The van der Waals surface area contributed by atoms with Gasteiger partial charge in [0.15, 0.2) is 16.4 Å². The van der Waals surface area contributed by atoms with Crippen LogP contribution in [0.2, 0.25) is 0 Å². The lowest BCUT2D eigenvalue weighted by molar-refractivity contribution is -0.113. The Labute approximate surface area is 265 Å². The summed E-state index contributed by atoms with van der Waals surface area (Å²) in [5, 5.41) is 4.92. The lowest BCUT2D eigenvalue weighted by Crippen LogP contribution is -2.40. The number of nitrogens with one attached hydrogen (secondary N) is 1. The van der Waals surface area contributed by atoms with Crippen molar-refractivity contribution in [3.8, 4) is 11.5 Å². The Bertz CT molecular complexity index is 2140. The average Bonchev–Trinajstić information content (AvgIpc) is 3.65. The Morgan fingerprint density at radius 3 is 2.58 bits per heavy atom. The molecule has 1 aliphatic heterocycles. The molecule has 2 aromatic heterocycles. The van der Waals surface area contributed by atoms with Gasteiger partial charge in [-0.15, -0.1) is 11.3 Å². The molecule has 1 N–H and O–H groups in total. The summed E-state index contributed by atoms with van der Waals surface area (Å²) < 4.78 is 40.5. The number of anilines is 1. The summed E-state index contributed by atoms with van der Waals surface area (Å²) in [6, 6.07) is 19.1. The van der Waals surface area contributed by atoms with Crippen molar-refractivity contribution in [2.75, 3.05) is 12.4 Å². The van der Waals surface area contributed by atoms with E-state index < -0.39 is 17.7 Å². The maximum absolute atomic E-state index is 14.1. The van der Waals surface area contributed by atoms with Gasteiger partial charge in [0, 0.05) is 22.2 Å². The minimum absolute atomic E-state index is 0.0500. The summed E-state index contributed by atoms with van der Waals surface area (Å²) in [4.78, 5) is 33.8. The number of carbonyl (C=O) groups excluding carboxylic acids is 1. The molecule has 0 bridgehead atoms. The van der Waals surface area contributed by atoms with Crippen molar-refractivity contribution in [2.45, 2.75) is 26.5 Å². The maximum Gasteiger partial charge on any atom is 0.271 e. The summed E-state index contributed by atoms with van der Waals surface area (Å²) in [6.07, 6.45) is 1.74. The summed E-state index contributed by atoms with van der Waals surface area (Å²) in [5.41, 5.74) is 3.53. The Morgan fingerprint density at radius 1 is 1.04 bits per heavy atom. The monoisotopic (exact) mass is 643 g/mol. The van der Waals surface area contributed by atoms with Crippen LogP contribution in [0.25, 0.3) is 6.08 Å². The average molecular weight is 644 g/mol. The molecule has 1 aliphatic rings. The summed E-state index contributed by atoms with van der Waals surface area (Å²) >= 11 is 2.69. The smallest absolute Gasteiger partial charge is 0.271 e. The van der Waals surface area contributed by atoms with Crippen LogP contribution in [0.3, 0.4) is 0 Å². The van der Waals surface area contributed by atoms with Gasteiger partial charge >= 0.3 is 0 Å². The van der Waals surface area contributed by atoms with E-state index in [2.05, 4.69) is 5.32 Å². The van der Waals surface area contributed by atoms with E-state index in [9.17, 15) is 18.4 Å². The molecule has 1 unspecified atom stereocenters. The van der Waals surface area contributed by atoms with Gasteiger partial charge in [-0.05, 0) is 72.8 Å². The van der Waals surface area contributed by atoms with E-state index in [1.165, 1.54) is 35.8 Å². The maximum atomic E-state index is 14.1. The van der Waals surface area contributed by atoms with Gasteiger partial charge in [-0.1, -0.05) is 41.7 Å². The normalized spacial score (nSPS) is 14.6. The second-order valence-electron chi connectivity index (χ2n) is 10.3. The van der Waals surface area contributed by atoms with Crippen LogP contribution in [0.5, 0.6) is 11.5 Å². The number of rotatable bonds is 8. The van der Waals surface area contributed by atoms with Crippen molar-refractivity contribution in [1.82, 2.24) is 4.57 Å². The zero-order chi connectivity index (χ0) is 31.7. The predicted octanol–water partition coefficient (Wildman–Crippen LogP) is 6.11. The fourth-order valence-corrected chi connectivity index (χ4v) is 7.00. The summed E-state index contributed by atoms with van der Waals surface area (Å²) in [6.45, 7) is 3.65. The lowest BCUT2D eigenvalue weighted by atomic mass is 10.0. The van der Waals surface area contributed by atoms with Gasteiger partial charge in [-0.2, -0.15) is 0 Å². The first-order valence-electron chi connectivity index (χ1n) is 13.9.